The first-order valence-electron chi connectivity index (χ1n) is 6.91. The molecule has 0 spiro atoms. The molecule has 0 atom stereocenters. The Morgan fingerprint density at radius 1 is 1.10 bits per heavy atom. The van der Waals surface area contributed by atoms with Crippen molar-refractivity contribution in [3.63, 3.8) is 0 Å². The monoisotopic (exact) mass is 286 g/mol. The van der Waals surface area contributed by atoms with E-state index in [1.54, 1.807) is 18.3 Å². The van der Waals surface area contributed by atoms with Crippen molar-refractivity contribution in [2.24, 2.45) is 11.0 Å². The van der Waals surface area contributed by atoms with Gasteiger partial charge in [-0.25, -0.2) is 4.39 Å². The smallest absolute Gasteiger partial charge is 0.123 e. The van der Waals surface area contributed by atoms with Gasteiger partial charge in [0.05, 0.1) is 18.5 Å². The van der Waals surface area contributed by atoms with Gasteiger partial charge in [0, 0.05) is 0 Å². The van der Waals surface area contributed by atoms with Crippen LogP contribution in [-0.2, 0) is 0 Å². The van der Waals surface area contributed by atoms with Gasteiger partial charge in [0.1, 0.15) is 11.6 Å². The molecule has 0 aliphatic heterocycles. The highest BCUT2D eigenvalue weighted by molar-refractivity contribution is 5.80. The van der Waals surface area contributed by atoms with Gasteiger partial charge in [0.15, 0.2) is 0 Å². The van der Waals surface area contributed by atoms with E-state index >= 15 is 0 Å². The molecule has 4 heteroatoms. The zero-order chi connectivity index (χ0) is 15.1. The summed E-state index contributed by atoms with van der Waals surface area (Å²) in [5, 5.41) is 4.11. The summed E-state index contributed by atoms with van der Waals surface area (Å²) >= 11 is 0. The molecule has 0 aliphatic rings. The molecule has 2 rings (SSSR count). The van der Waals surface area contributed by atoms with Crippen LogP contribution in [0.5, 0.6) is 5.75 Å². The van der Waals surface area contributed by atoms with Gasteiger partial charge in [-0.15, -0.1) is 0 Å². The maximum absolute atomic E-state index is 12.7. The summed E-state index contributed by atoms with van der Waals surface area (Å²) in [5.74, 6) is 1.10. The largest absolute Gasteiger partial charge is 0.493 e. The highest BCUT2D eigenvalue weighted by Gasteiger charge is 1.97. The lowest BCUT2D eigenvalue weighted by molar-refractivity contribution is 0.271. The number of hydrogen-bond donors (Lipinski definition) is 1. The van der Waals surface area contributed by atoms with E-state index in [-0.39, 0.29) is 5.82 Å². The second kappa shape index (κ2) is 7.43. The van der Waals surface area contributed by atoms with Crippen LogP contribution in [0.15, 0.2) is 53.6 Å². The van der Waals surface area contributed by atoms with Crippen molar-refractivity contribution in [2.75, 3.05) is 12.0 Å². The molecule has 0 saturated heterocycles. The Hall–Kier alpha value is -2.36. The average Bonchev–Trinajstić information content (AvgIpc) is 2.48. The Balaban J connectivity index is 1.87. The maximum atomic E-state index is 12.7. The van der Waals surface area contributed by atoms with Crippen LogP contribution in [-0.4, -0.2) is 12.8 Å². The minimum atomic E-state index is -0.262. The maximum Gasteiger partial charge on any atom is 0.123 e. The first-order chi connectivity index (χ1) is 10.1. The summed E-state index contributed by atoms with van der Waals surface area (Å²) in [6.45, 7) is 4.93. The van der Waals surface area contributed by atoms with Gasteiger partial charge in [0.25, 0.3) is 0 Å². The predicted octanol–water partition coefficient (Wildman–Crippen LogP) is 4.31. The summed E-state index contributed by atoms with van der Waals surface area (Å²) in [5.41, 5.74) is 4.55. The molecule has 0 aromatic heterocycles. The molecule has 0 unspecified atom stereocenters. The summed E-state index contributed by atoms with van der Waals surface area (Å²) in [7, 11) is 0. The van der Waals surface area contributed by atoms with Crippen molar-refractivity contribution in [2.45, 2.75) is 13.8 Å². The van der Waals surface area contributed by atoms with Crippen molar-refractivity contribution in [1.82, 2.24) is 0 Å². The predicted molar refractivity (Wildman–Crippen MR) is 84.4 cm³/mol. The van der Waals surface area contributed by atoms with Crippen molar-refractivity contribution in [3.8, 4) is 5.75 Å². The standard InChI is InChI=1S/C17H19FN2O/c1-13(2)12-21-17-9-3-14(4-10-17)11-19-20-16-7-5-15(18)6-8-16/h3-11,13,20H,12H2,1-2H3/b19-11+. The van der Waals surface area contributed by atoms with Crippen LogP contribution in [0.2, 0.25) is 0 Å². The van der Waals surface area contributed by atoms with Gasteiger partial charge in [-0.05, 0) is 60.0 Å². The molecule has 0 amide bonds. The van der Waals surface area contributed by atoms with Crippen LogP contribution in [0.3, 0.4) is 0 Å². The number of nitrogens with one attached hydrogen (secondary N) is 1. The van der Waals surface area contributed by atoms with Gasteiger partial charge in [-0.3, -0.25) is 5.43 Å². The Morgan fingerprint density at radius 3 is 2.38 bits per heavy atom. The zero-order valence-corrected chi connectivity index (χ0v) is 12.2. The van der Waals surface area contributed by atoms with E-state index in [0.717, 1.165) is 17.0 Å². The number of benzene rings is 2. The molecule has 0 radical (unpaired) electrons. The van der Waals surface area contributed by atoms with Crippen LogP contribution in [0.1, 0.15) is 19.4 Å². The zero-order valence-electron chi connectivity index (χ0n) is 12.2. The molecule has 0 bridgehead atoms. The number of nitrogens with zero attached hydrogens (tertiary/aromatic N) is 1. The van der Waals surface area contributed by atoms with Gasteiger partial charge in [-0.2, -0.15) is 5.10 Å². The number of ether oxygens (including phenoxy) is 1. The van der Waals surface area contributed by atoms with E-state index < -0.39 is 0 Å². The molecule has 0 fully saturated rings. The Kier molecular flexibility index (Phi) is 5.32. The second-order valence-electron chi connectivity index (χ2n) is 5.15. The van der Waals surface area contributed by atoms with Crippen molar-refractivity contribution in [1.29, 1.82) is 0 Å². The minimum absolute atomic E-state index is 0.262. The van der Waals surface area contributed by atoms with Crippen LogP contribution in [0.4, 0.5) is 10.1 Å². The van der Waals surface area contributed by atoms with Crippen LogP contribution >= 0.6 is 0 Å². The fraction of sp³-hybridized carbons (Fsp3) is 0.235. The van der Waals surface area contributed by atoms with E-state index in [4.69, 9.17) is 4.74 Å². The number of hydrogen-bond acceptors (Lipinski definition) is 3. The molecule has 2 aromatic carbocycles. The van der Waals surface area contributed by atoms with Crippen LogP contribution in [0.25, 0.3) is 0 Å². The summed E-state index contributed by atoms with van der Waals surface area (Å²) < 4.78 is 18.4. The van der Waals surface area contributed by atoms with Gasteiger partial charge >= 0.3 is 0 Å². The second-order valence-corrected chi connectivity index (χ2v) is 5.15. The van der Waals surface area contributed by atoms with E-state index in [0.29, 0.717) is 12.5 Å². The first kappa shape index (κ1) is 15.0. The lowest BCUT2D eigenvalue weighted by Gasteiger charge is -2.08. The van der Waals surface area contributed by atoms with Crippen molar-refractivity contribution < 1.29 is 9.13 Å². The quantitative estimate of drug-likeness (QED) is 0.634. The van der Waals surface area contributed by atoms with E-state index in [1.165, 1.54) is 12.1 Å². The Morgan fingerprint density at radius 2 is 1.76 bits per heavy atom. The number of rotatable bonds is 6. The van der Waals surface area contributed by atoms with Crippen LogP contribution in [0, 0.1) is 11.7 Å². The highest BCUT2D eigenvalue weighted by atomic mass is 19.1. The molecule has 1 N–H and O–H groups in total. The summed E-state index contributed by atoms with van der Waals surface area (Å²) in [4.78, 5) is 0. The lowest BCUT2D eigenvalue weighted by Crippen LogP contribution is -2.04. The minimum Gasteiger partial charge on any atom is -0.493 e. The first-order valence-corrected chi connectivity index (χ1v) is 6.91. The average molecular weight is 286 g/mol. The van der Waals surface area contributed by atoms with Crippen molar-refractivity contribution >= 4 is 11.9 Å². The van der Waals surface area contributed by atoms with E-state index in [1.807, 2.05) is 24.3 Å². The molecule has 110 valence electrons. The number of halogens is 1. The number of anilines is 1. The van der Waals surface area contributed by atoms with Crippen molar-refractivity contribution in [3.05, 3.63) is 59.9 Å². The van der Waals surface area contributed by atoms with Gasteiger partial charge in [-0.1, -0.05) is 13.8 Å². The Bertz CT molecular complexity index is 577. The molecular formula is C17H19FN2O. The molecular weight excluding hydrogens is 267 g/mol. The van der Waals surface area contributed by atoms with Crippen LogP contribution < -0.4 is 10.2 Å². The molecule has 2 aromatic rings. The highest BCUT2D eigenvalue weighted by Crippen LogP contribution is 2.12. The molecule has 0 heterocycles. The molecule has 21 heavy (non-hydrogen) atoms. The summed E-state index contributed by atoms with van der Waals surface area (Å²) in [6.07, 6.45) is 1.70. The van der Waals surface area contributed by atoms with Gasteiger partial charge < -0.3 is 4.74 Å². The normalized spacial score (nSPS) is 11.0. The third kappa shape index (κ3) is 5.26. The fourth-order valence-electron chi connectivity index (χ4n) is 1.62. The topological polar surface area (TPSA) is 33.6 Å². The fourth-order valence-corrected chi connectivity index (χ4v) is 1.62. The van der Waals surface area contributed by atoms with E-state index in [2.05, 4.69) is 24.4 Å². The Labute approximate surface area is 124 Å². The molecule has 3 nitrogen and oxygen atoms in total. The number of hydrazone groups is 1. The molecule has 0 saturated carbocycles. The molecule has 0 aliphatic carbocycles. The van der Waals surface area contributed by atoms with Gasteiger partial charge in [0.2, 0.25) is 0 Å². The van der Waals surface area contributed by atoms with E-state index in [9.17, 15) is 4.39 Å². The third-order valence-corrected chi connectivity index (χ3v) is 2.71. The SMILES string of the molecule is CC(C)COc1ccc(/C=N/Nc2ccc(F)cc2)cc1. The third-order valence-electron chi connectivity index (χ3n) is 2.71. The lowest BCUT2D eigenvalue weighted by atomic mass is 10.2. The summed E-state index contributed by atoms with van der Waals surface area (Å²) in [6, 6.07) is 13.8.